The lowest BCUT2D eigenvalue weighted by Crippen LogP contribution is -2.34. The number of benzene rings is 13. The van der Waals surface area contributed by atoms with Crippen molar-refractivity contribution in [2.75, 3.05) is 33.3 Å². The third-order valence-corrected chi connectivity index (χ3v) is 22.4. The highest BCUT2D eigenvalue weighted by molar-refractivity contribution is 9.08. The summed E-state index contributed by atoms with van der Waals surface area (Å²) in [5.41, 5.74) is 21.3. The minimum absolute atomic E-state index is 0.577. The number of carboxylic acid groups (broad SMARTS) is 1. The maximum absolute atomic E-state index is 11.1. The molecule has 0 amide bonds. The first-order valence-electron chi connectivity index (χ1n) is 42.6. The standard InChI is InChI=1S/C21H22N4.C20H15NO.C19H15N.C13H9NO.C12H9N.C8H13N3.C7H7Br.C2H4O2.CH3F.Al.Cl3OP.3ClH/c1-2-6-20-17(5-1)18-12-15(7-8-21(18)23-20)13-25-11-3-4-16(14-25)19-9-10-22-24-19;22-14-16-10-11-20-18(12-16)17-8-4-5-9-19(17)21(20)13-15-6-2-1-3-7-15;1-2-8-15(9-3-1)14-20-18-12-6-4-10-16(18)17-11-5-7-13-19(17)20;15-8-9-5-6-13-11(7-9)10-3-1-2-4-12(10)14-13;1-3-7-11-9(5-1)10-6-2-4-8-12(10)13-11;1-2-7(6-9-4-1)8-3-5-10-11-8;8-6-7-4-2-1-3-5-7;1-2(3)4;1-2;;1-5(2,3)4;;;/h1-2,5-10,12,16,23H,3-4,11,13-14H2,(H,22,24);1-12,14H,13H2;1-13H,14H2;1-8,14H;1-8,13H;3,5,7,9H,1-2,4,6H2,(H,10,11);1-5H,6H2;1H3,(H,3,4);1H3;;;3*1H/q;;;;;;;;;+3;;;;/p-3/i;;;;;;;;1D;;;;;. The molecular weight excluding hydrogens is 1840 g/mol. The largest absolute Gasteiger partial charge is 0.643 e. The maximum Gasteiger partial charge on any atom is 0.643 e. The van der Waals surface area contributed by atoms with Crippen molar-refractivity contribution in [3.63, 3.8) is 0 Å². The van der Waals surface area contributed by atoms with E-state index in [1.165, 1.54) is 149 Å². The molecule has 2 atom stereocenters. The number of aliphatic carboxylic acids is 1. The molecule has 2 aliphatic rings. The minimum Gasteiger partial charge on any atom is -0.481 e. The highest BCUT2D eigenvalue weighted by Crippen LogP contribution is 2.61. The lowest BCUT2D eigenvalue weighted by Gasteiger charge is -2.32. The molecule has 2 fully saturated rings. The van der Waals surface area contributed by atoms with Crippen molar-refractivity contribution in [1.29, 1.82) is 0 Å². The average Bonchev–Trinajstić information content (AvgIpc) is 1.50. The van der Waals surface area contributed by atoms with Crippen LogP contribution in [0.3, 0.4) is 0 Å². The number of H-pyrrole nitrogens is 5. The molecule has 20 aromatic rings. The first-order valence-corrected chi connectivity index (χ1v) is 52.6. The maximum atomic E-state index is 11.1. The molecule has 0 radical (unpaired) electrons. The fraction of sp³-hybridized carbons (Fsp3) is 0.155. The summed E-state index contributed by atoms with van der Waals surface area (Å²) in [4.78, 5) is 43.6. The van der Waals surface area contributed by atoms with Crippen LogP contribution in [0.2, 0.25) is 0 Å². The summed E-state index contributed by atoms with van der Waals surface area (Å²) in [6.07, 6.45) is 10.5. The Morgan fingerprint density at radius 2 is 0.798 bits per heavy atom. The van der Waals surface area contributed by atoms with Gasteiger partial charge in [-0.1, -0.05) is 240 Å². The number of nitrogens with zero attached hydrogens (tertiary/aromatic N) is 5. The van der Waals surface area contributed by atoms with Gasteiger partial charge in [-0.25, -0.2) is 30.1 Å². The Hall–Kier alpha value is -11.1. The number of piperidine rings is 2. The molecule has 7 N–H and O–H groups in total. The van der Waals surface area contributed by atoms with Crippen LogP contribution in [0.5, 0.6) is 0 Å². The van der Waals surface area contributed by atoms with E-state index in [0.29, 0.717) is 17.4 Å². The van der Waals surface area contributed by atoms with E-state index in [2.05, 4.69) is 347 Å². The number of halogens is 8. The first-order chi connectivity index (χ1) is 63.3. The van der Waals surface area contributed by atoms with Crippen LogP contribution in [0.1, 0.15) is 100 Å². The number of aromatic amines is 5. The van der Waals surface area contributed by atoms with Crippen LogP contribution >= 0.6 is 85.0 Å². The molecule has 0 saturated carbocycles. The topological polar surface area (TPSA) is 218 Å². The molecule has 16 nitrogen and oxygen atoms in total. The van der Waals surface area contributed by atoms with E-state index in [1.807, 2.05) is 97.3 Å². The zero-order valence-corrected chi connectivity index (χ0v) is 78.9. The van der Waals surface area contributed by atoms with Gasteiger partial charge in [-0.05, 0) is 198 Å². The van der Waals surface area contributed by atoms with Crippen molar-refractivity contribution < 1.29 is 29.8 Å². The Morgan fingerprint density at radius 1 is 0.457 bits per heavy atom. The van der Waals surface area contributed by atoms with Crippen LogP contribution in [0, 0.1) is 0 Å². The van der Waals surface area contributed by atoms with Crippen molar-refractivity contribution in [2.24, 2.45) is 0 Å². The summed E-state index contributed by atoms with van der Waals surface area (Å²) < 4.78 is 29.7. The second-order valence-electron chi connectivity index (χ2n) is 30.4. The van der Waals surface area contributed by atoms with E-state index in [-0.39, 0.29) is 0 Å². The van der Waals surface area contributed by atoms with Gasteiger partial charge in [0.25, 0.3) is 5.97 Å². The molecule has 13 aromatic carbocycles. The second kappa shape index (κ2) is 49.6. The number of likely N-dealkylation sites (tertiary alicyclic amines) is 1. The molecule has 22 rings (SSSR count). The molecule has 7 aromatic heterocycles. The Labute approximate surface area is 789 Å². The van der Waals surface area contributed by atoms with Gasteiger partial charge >= 0.3 is 16.6 Å². The number of hydrogen-bond acceptors (Lipinski definition) is 8. The summed E-state index contributed by atoms with van der Waals surface area (Å²) >= 11 is 15.5. The molecule has 658 valence electrons. The fourth-order valence-corrected chi connectivity index (χ4v) is 16.5. The number of carbonyl (C=O) groups excluding carboxylic acids is 2. The van der Waals surface area contributed by atoms with E-state index in [0.717, 1.165) is 95.8 Å². The van der Waals surface area contributed by atoms with Gasteiger partial charge in [0.15, 0.2) is 0 Å². The number of aromatic nitrogens is 9. The van der Waals surface area contributed by atoms with Crippen molar-refractivity contribution in [2.45, 2.75) is 69.4 Å². The highest BCUT2D eigenvalue weighted by Gasteiger charge is 2.23. The van der Waals surface area contributed by atoms with Crippen LogP contribution in [-0.2, 0) is 34.3 Å². The Kier molecular flexibility index (Phi) is 36.7. The van der Waals surface area contributed by atoms with Crippen LogP contribution < -0.4 is 5.32 Å². The highest BCUT2D eigenvalue weighted by atomic mass is 79.9. The molecule has 0 aliphatic carbocycles. The van der Waals surface area contributed by atoms with Crippen molar-refractivity contribution in [3.05, 3.63) is 385 Å². The lowest BCUT2D eigenvalue weighted by atomic mass is 9.94. The van der Waals surface area contributed by atoms with Gasteiger partial charge in [-0.3, -0.25) is 38.4 Å². The lowest BCUT2D eigenvalue weighted by molar-refractivity contribution is -0.134. The van der Waals surface area contributed by atoms with Crippen LogP contribution in [0.25, 0.3) is 109 Å². The van der Waals surface area contributed by atoms with Gasteiger partial charge < -0.3 is 34.5 Å². The number of para-hydroxylation sites is 7. The quantitative estimate of drug-likeness (QED) is 0.0283. The summed E-state index contributed by atoms with van der Waals surface area (Å²) in [6, 6.07) is 113. The number of fused-ring (bicyclic) bond motifs is 15. The number of carbonyl (C=O) groups is 3. The van der Waals surface area contributed by atoms with Crippen LogP contribution in [-0.4, -0.2) is 118 Å². The van der Waals surface area contributed by atoms with Crippen molar-refractivity contribution >= 4 is 224 Å². The average molecular weight is 1940 g/mol. The molecule has 129 heavy (non-hydrogen) atoms. The van der Waals surface area contributed by atoms with Crippen molar-refractivity contribution in [1.82, 2.24) is 54.7 Å². The van der Waals surface area contributed by atoms with Gasteiger partial charge in [-0.15, -0.1) is 0 Å². The summed E-state index contributed by atoms with van der Waals surface area (Å²) in [7, 11) is 13.8. The molecule has 0 spiro atoms. The van der Waals surface area contributed by atoms with E-state index >= 15 is 0 Å². The predicted molar refractivity (Wildman–Crippen MR) is 545 cm³/mol. The van der Waals surface area contributed by atoms with E-state index in [1.54, 1.807) is 0 Å². The molecule has 2 unspecified atom stereocenters. The van der Waals surface area contributed by atoms with E-state index in [9.17, 15) is 18.5 Å². The molecule has 0 bridgehead atoms. The monoisotopic (exact) mass is 1930 g/mol. The molecule has 26 heteroatoms. The van der Waals surface area contributed by atoms with E-state index < -0.39 is 29.7 Å². The van der Waals surface area contributed by atoms with Gasteiger partial charge in [0.2, 0.25) is 0 Å². The SMILES string of the molecule is BrCc1ccccc1.CC(=O)O.O=Cc1ccc2[nH]c3ccccc3c2c1.O=Cc1ccc2c(c1)c1ccccc1n2Cc1ccccc1.O=P(Cl)(Cl)Cl.[2H]CF.[Cl][Al]([Cl])[Cl].c1cc(C2CCCNC2)[nH]n1.c1ccc(Cn2c3ccccc3c3ccccc32)cc1.c1ccc2c(c1)[nH]c1ccc(CN3CCCC(c4ccn[nH]4)C3)cc12.c1ccc2c(c1)[nH]c1ccccc12. The Morgan fingerprint density at radius 3 is 1.20 bits per heavy atom. The first kappa shape index (κ1) is 95.5. The summed E-state index contributed by atoms with van der Waals surface area (Å²) in [6.45, 7) is 8.39. The Balaban J connectivity index is 0.000000136. The van der Waals surface area contributed by atoms with Gasteiger partial charge in [0, 0.05) is 201 Å². The summed E-state index contributed by atoms with van der Waals surface area (Å²) in [5.74, 6) is 0.402. The Bertz CT molecular complexity index is 6870. The number of aldehydes is 2. The second-order valence-corrected chi connectivity index (χ2v) is 44.0. The van der Waals surface area contributed by atoms with Crippen molar-refractivity contribution in [3.8, 4) is 0 Å². The van der Waals surface area contributed by atoms with Crippen LogP contribution in [0.4, 0.5) is 4.39 Å². The number of nitrogens with one attached hydrogen (secondary N) is 6. The van der Waals surface area contributed by atoms with Gasteiger partial charge in [0.05, 0.1) is 8.52 Å². The molecule has 2 aliphatic heterocycles. The zero-order chi connectivity index (χ0) is 91.6. The predicted octanol–water partition coefficient (Wildman–Crippen LogP) is 29.0. The van der Waals surface area contributed by atoms with Gasteiger partial charge in [0.1, 0.15) is 12.6 Å². The minimum atomic E-state index is -3.22. The third-order valence-electron chi connectivity index (χ3n) is 21.8. The number of hydrogen-bond donors (Lipinski definition) is 7. The third kappa shape index (κ3) is 28.0. The summed E-state index contributed by atoms with van der Waals surface area (Å²) in [5, 5.41) is 35.3. The number of rotatable bonds is 11. The smallest absolute Gasteiger partial charge is 0.481 e. The van der Waals surface area contributed by atoms with Gasteiger partial charge in [-0.2, -0.15) is 10.2 Å². The zero-order valence-electron chi connectivity index (χ0n) is 71.7. The normalized spacial score (nSPS) is 13.4. The number of alkyl halides is 2. The van der Waals surface area contributed by atoms with Crippen LogP contribution in [0.15, 0.2) is 340 Å². The molecule has 2 saturated heterocycles. The number of carboxylic acids is 1. The molecular formula is C103H97AlBrCl6FN11O5P. The molecule has 9 heterocycles. The fourth-order valence-electron chi connectivity index (χ4n) is 16.1. The van der Waals surface area contributed by atoms with E-state index in [4.69, 9.17) is 41.4 Å².